The quantitative estimate of drug-likeness (QED) is 0.889. The zero-order valence-electron chi connectivity index (χ0n) is 11.8. The second kappa shape index (κ2) is 5.29. The van der Waals surface area contributed by atoms with Crippen LogP contribution in [-0.2, 0) is 0 Å². The van der Waals surface area contributed by atoms with Gasteiger partial charge < -0.3 is 10.0 Å². The van der Waals surface area contributed by atoms with Gasteiger partial charge in [-0.3, -0.25) is 4.90 Å². The molecule has 1 saturated heterocycles. The van der Waals surface area contributed by atoms with E-state index in [1.807, 2.05) is 18.2 Å². The second-order valence-electron chi connectivity index (χ2n) is 5.70. The first-order valence-corrected chi connectivity index (χ1v) is 6.69. The molecule has 0 radical (unpaired) electrons. The molecule has 1 aliphatic rings. The van der Waals surface area contributed by atoms with Crippen molar-refractivity contribution in [1.29, 1.82) is 0 Å². The highest BCUT2D eigenvalue weighted by Crippen LogP contribution is 2.32. The summed E-state index contributed by atoms with van der Waals surface area (Å²) in [6.45, 7) is 6.66. The molecule has 0 saturated carbocycles. The van der Waals surface area contributed by atoms with Crippen molar-refractivity contribution in [3.8, 4) is 5.75 Å². The Morgan fingerprint density at radius 1 is 1.28 bits per heavy atom. The second-order valence-corrected chi connectivity index (χ2v) is 5.70. The smallest absolute Gasteiger partial charge is 0.120 e. The predicted octanol–water partition coefficient (Wildman–Crippen LogP) is 2.34. The molecule has 1 fully saturated rings. The molecule has 3 nitrogen and oxygen atoms in total. The summed E-state index contributed by atoms with van der Waals surface area (Å²) in [6, 6.07) is 8.55. The number of likely N-dealkylation sites (N-methyl/N-ethyl adjacent to an activating group) is 1. The summed E-state index contributed by atoms with van der Waals surface area (Å²) in [7, 11) is 4.30. The molecule has 0 spiro atoms. The zero-order valence-corrected chi connectivity index (χ0v) is 11.8. The van der Waals surface area contributed by atoms with Crippen molar-refractivity contribution in [3.63, 3.8) is 0 Å². The van der Waals surface area contributed by atoms with Crippen molar-refractivity contribution >= 4 is 0 Å². The maximum atomic E-state index is 9.95. The van der Waals surface area contributed by atoms with Crippen molar-refractivity contribution in [2.75, 3.05) is 27.2 Å². The molecule has 0 aliphatic carbocycles. The van der Waals surface area contributed by atoms with Crippen molar-refractivity contribution < 1.29 is 5.11 Å². The summed E-state index contributed by atoms with van der Waals surface area (Å²) in [5.41, 5.74) is 1.03. The Hall–Kier alpha value is -1.06. The van der Waals surface area contributed by atoms with Gasteiger partial charge in [-0.1, -0.05) is 25.1 Å². The average molecular weight is 248 g/mol. The number of para-hydroxylation sites is 1. The molecular formula is C15H24N2O. The first kappa shape index (κ1) is 13.4. The maximum absolute atomic E-state index is 9.95. The van der Waals surface area contributed by atoms with Crippen LogP contribution in [0.4, 0.5) is 0 Å². The highest BCUT2D eigenvalue weighted by atomic mass is 16.3. The third-order valence-corrected chi connectivity index (χ3v) is 4.20. The minimum atomic E-state index is 0.276. The summed E-state index contributed by atoms with van der Waals surface area (Å²) in [5, 5.41) is 9.95. The van der Waals surface area contributed by atoms with E-state index in [1.54, 1.807) is 6.07 Å². The minimum absolute atomic E-state index is 0.276. The van der Waals surface area contributed by atoms with Crippen molar-refractivity contribution in [1.82, 2.24) is 9.80 Å². The van der Waals surface area contributed by atoms with Crippen LogP contribution in [0.1, 0.15) is 25.5 Å². The van der Waals surface area contributed by atoms with Gasteiger partial charge in [-0.05, 0) is 33.0 Å². The first-order chi connectivity index (χ1) is 8.50. The van der Waals surface area contributed by atoms with Gasteiger partial charge in [0.1, 0.15) is 5.75 Å². The fourth-order valence-electron chi connectivity index (χ4n) is 3.01. The molecule has 0 aromatic heterocycles. The monoisotopic (exact) mass is 248 g/mol. The Bertz CT molecular complexity index is 405. The van der Waals surface area contributed by atoms with Crippen molar-refractivity contribution in [2.45, 2.75) is 25.9 Å². The van der Waals surface area contributed by atoms with Crippen LogP contribution in [0.25, 0.3) is 0 Å². The molecule has 3 unspecified atom stereocenters. The van der Waals surface area contributed by atoms with Crippen LogP contribution in [0.3, 0.4) is 0 Å². The zero-order chi connectivity index (χ0) is 13.3. The van der Waals surface area contributed by atoms with E-state index < -0.39 is 0 Å². The predicted molar refractivity (Wildman–Crippen MR) is 74.7 cm³/mol. The van der Waals surface area contributed by atoms with Gasteiger partial charge in [0.05, 0.1) is 0 Å². The van der Waals surface area contributed by atoms with E-state index in [9.17, 15) is 5.11 Å². The van der Waals surface area contributed by atoms with Crippen LogP contribution < -0.4 is 0 Å². The largest absolute Gasteiger partial charge is 0.508 e. The fourth-order valence-corrected chi connectivity index (χ4v) is 3.01. The Morgan fingerprint density at radius 3 is 2.50 bits per heavy atom. The van der Waals surface area contributed by atoms with E-state index >= 15 is 0 Å². The lowest BCUT2D eigenvalue weighted by Crippen LogP contribution is -2.34. The van der Waals surface area contributed by atoms with Crippen LogP contribution >= 0.6 is 0 Å². The molecule has 1 aromatic carbocycles. The summed E-state index contributed by atoms with van der Waals surface area (Å²) in [6.07, 6.45) is 0. The topological polar surface area (TPSA) is 26.7 Å². The fraction of sp³-hybridized carbons (Fsp3) is 0.600. The summed E-state index contributed by atoms with van der Waals surface area (Å²) < 4.78 is 0. The molecule has 2 rings (SSSR count). The minimum Gasteiger partial charge on any atom is -0.508 e. The maximum Gasteiger partial charge on any atom is 0.120 e. The van der Waals surface area contributed by atoms with Crippen LogP contribution in [0.5, 0.6) is 5.75 Å². The SMILES string of the molecule is CC1CN(C(C)c2ccccc2O)CC1N(C)C. The lowest BCUT2D eigenvalue weighted by atomic mass is 10.1. The highest BCUT2D eigenvalue weighted by Gasteiger charge is 2.34. The third kappa shape index (κ3) is 2.52. The van der Waals surface area contributed by atoms with Gasteiger partial charge >= 0.3 is 0 Å². The van der Waals surface area contributed by atoms with Crippen molar-refractivity contribution in [2.24, 2.45) is 5.92 Å². The van der Waals surface area contributed by atoms with Gasteiger partial charge in [0.15, 0.2) is 0 Å². The number of phenolic OH excluding ortho intramolecular Hbond substituents is 1. The van der Waals surface area contributed by atoms with Crippen molar-refractivity contribution in [3.05, 3.63) is 29.8 Å². The van der Waals surface area contributed by atoms with Crippen LogP contribution in [0.2, 0.25) is 0 Å². The van der Waals surface area contributed by atoms with Gasteiger partial charge in [0.25, 0.3) is 0 Å². The number of hydrogen-bond donors (Lipinski definition) is 1. The van der Waals surface area contributed by atoms with Gasteiger partial charge in [-0.25, -0.2) is 0 Å². The first-order valence-electron chi connectivity index (χ1n) is 6.69. The van der Waals surface area contributed by atoms with E-state index in [0.29, 0.717) is 17.7 Å². The lowest BCUT2D eigenvalue weighted by Gasteiger charge is -2.26. The van der Waals surface area contributed by atoms with E-state index in [4.69, 9.17) is 0 Å². The summed E-state index contributed by atoms with van der Waals surface area (Å²) in [5.74, 6) is 1.08. The molecule has 100 valence electrons. The number of aromatic hydroxyl groups is 1. The lowest BCUT2D eigenvalue weighted by molar-refractivity contribution is 0.224. The third-order valence-electron chi connectivity index (χ3n) is 4.20. The highest BCUT2D eigenvalue weighted by molar-refractivity contribution is 5.34. The van der Waals surface area contributed by atoms with E-state index in [1.165, 1.54) is 0 Å². The molecule has 1 aromatic rings. The summed E-state index contributed by atoms with van der Waals surface area (Å²) in [4.78, 5) is 4.77. The molecular weight excluding hydrogens is 224 g/mol. The molecule has 18 heavy (non-hydrogen) atoms. The molecule has 3 heteroatoms. The van der Waals surface area contributed by atoms with Crippen LogP contribution in [0.15, 0.2) is 24.3 Å². The number of nitrogens with zero attached hydrogens (tertiary/aromatic N) is 2. The Kier molecular flexibility index (Phi) is 3.93. The molecule has 1 N–H and O–H groups in total. The molecule has 0 bridgehead atoms. The Morgan fingerprint density at radius 2 is 1.94 bits per heavy atom. The van der Waals surface area contributed by atoms with Crippen LogP contribution in [-0.4, -0.2) is 48.1 Å². The Balaban J connectivity index is 2.12. The van der Waals surface area contributed by atoms with Gasteiger partial charge in [-0.15, -0.1) is 0 Å². The average Bonchev–Trinajstić information content (AvgIpc) is 2.71. The number of phenols is 1. The summed E-state index contributed by atoms with van der Waals surface area (Å²) >= 11 is 0. The number of benzene rings is 1. The normalized spacial score (nSPS) is 26.7. The molecule has 3 atom stereocenters. The van der Waals surface area contributed by atoms with Crippen LogP contribution in [0, 0.1) is 5.92 Å². The number of likely N-dealkylation sites (tertiary alicyclic amines) is 1. The molecule has 1 aliphatic heterocycles. The molecule has 0 amide bonds. The van der Waals surface area contributed by atoms with E-state index in [-0.39, 0.29) is 6.04 Å². The number of rotatable bonds is 3. The molecule has 1 heterocycles. The van der Waals surface area contributed by atoms with E-state index in [2.05, 4.69) is 37.7 Å². The number of hydrogen-bond acceptors (Lipinski definition) is 3. The van der Waals surface area contributed by atoms with Gasteiger partial charge in [0.2, 0.25) is 0 Å². The van der Waals surface area contributed by atoms with Gasteiger partial charge in [-0.2, -0.15) is 0 Å². The van der Waals surface area contributed by atoms with E-state index in [0.717, 1.165) is 18.7 Å². The van der Waals surface area contributed by atoms with Gasteiger partial charge in [0, 0.05) is 30.7 Å². The Labute approximate surface area is 110 Å². The standard InChI is InChI=1S/C15H24N2O/c1-11-9-17(10-14(11)16(3)4)12(2)13-7-5-6-8-15(13)18/h5-8,11-12,14,18H,9-10H2,1-4H3.